The highest BCUT2D eigenvalue weighted by molar-refractivity contribution is 4.83. The lowest BCUT2D eigenvalue weighted by Gasteiger charge is -2.41. The quantitative estimate of drug-likeness (QED) is 0.660. The first-order chi connectivity index (χ1) is 8.18. The van der Waals surface area contributed by atoms with E-state index < -0.39 is 0 Å². The zero-order chi connectivity index (χ0) is 12.3. The van der Waals surface area contributed by atoms with Crippen molar-refractivity contribution >= 4 is 0 Å². The van der Waals surface area contributed by atoms with Gasteiger partial charge in [-0.3, -0.25) is 0 Å². The average molecular weight is 239 g/mol. The Hall–Kier alpha value is -0.0800. The summed E-state index contributed by atoms with van der Waals surface area (Å²) in [6, 6.07) is 0.752. The Morgan fingerprint density at radius 2 is 1.94 bits per heavy atom. The van der Waals surface area contributed by atoms with Crippen molar-refractivity contribution in [2.75, 3.05) is 26.8 Å². The van der Waals surface area contributed by atoms with Crippen molar-refractivity contribution in [2.45, 2.75) is 52.0 Å². The maximum absolute atomic E-state index is 5.73. The fraction of sp³-hybridized carbons (Fsp3) is 1.00. The van der Waals surface area contributed by atoms with Crippen molar-refractivity contribution in [3.05, 3.63) is 0 Å². The number of nitrogens with zero attached hydrogens (tertiary/aromatic N) is 1. The van der Waals surface area contributed by atoms with E-state index in [0.717, 1.165) is 37.0 Å². The number of rotatable bonds is 6. The monoisotopic (exact) mass is 239 g/mol. The van der Waals surface area contributed by atoms with Crippen LogP contribution in [0.4, 0.5) is 0 Å². The van der Waals surface area contributed by atoms with Crippen LogP contribution in [0.3, 0.4) is 0 Å². The lowest BCUT2D eigenvalue weighted by molar-refractivity contribution is 0.0665. The molecule has 0 amide bonds. The van der Waals surface area contributed by atoms with Gasteiger partial charge in [0.2, 0.25) is 0 Å². The molecule has 0 aromatic heterocycles. The third-order valence-corrected chi connectivity index (χ3v) is 4.86. The molecule has 2 rings (SSSR count). The van der Waals surface area contributed by atoms with E-state index >= 15 is 0 Å². The molecule has 3 unspecified atom stereocenters. The van der Waals surface area contributed by atoms with Gasteiger partial charge in [-0.2, -0.15) is 0 Å². The molecule has 1 saturated heterocycles. The second-order valence-electron chi connectivity index (χ2n) is 6.31. The Balaban J connectivity index is 1.61. The van der Waals surface area contributed by atoms with Crippen LogP contribution in [-0.4, -0.2) is 37.7 Å². The summed E-state index contributed by atoms with van der Waals surface area (Å²) in [5, 5.41) is 0. The molecule has 0 spiro atoms. The molecule has 1 aliphatic heterocycles. The Labute approximate surface area is 107 Å². The summed E-state index contributed by atoms with van der Waals surface area (Å²) in [6.07, 6.45) is 6.77. The number of hydrogen-bond acceptors (Lipinski definition) is 2. The van der Waals surface area contributed by atoms with Crippen LogP contribution in [0.25, 0.3) is 0 Å². The Morgan fingerprint density at radius 3 is 2.65 bits per heavy atom. The van der Waals surface area contributed by atoms with Crippen LogP contribution in [0, 0.1) is 17.8 Å². The van der Waals surface area contributed by atoms with E-state index in [1.807, 2.05) is 0 Å². The minimum atomic E-state index is 0.752. The summed E-state index contributed by atoms with van der Waals surface area (Å²) in [6.45, 7) is 8.10. The highest BCUT2D eigenvalue weighted by Gasteiger charge is 2.30. The standard InChI is InChI=1S/C15H29NO/c1-12-8-9-16(3)13(2)15(12)5-4-10-17-11-14-6-7-14/h12-15H,4-11H2,1-3H3. The van der Waals surface area contributed by atoms with Gasteiger partial charge in [-0.15, -0.1) is 0 Å². The predicted molar refractivity (Wildman–Crippen MR) is 72.1 cm³/mol. The zero-order valence-corrected chi connectivity index (χ0v) is 11.8. The fourth-order valence-electron chi connectivity index (χ4n) is 3.11. The Kier molecular flexibility index (Phi) is 4.87. The Bertz CT molecular complexity index is 227. The van der Waals surface area contributed by atoms with Crippen LogP contribution in [0.15, 0.2) is 0 Å². The van der Waals surface area contributed by atoms with Gasteiger partial charge in [-0.05, 0) is 70.4 Å². The first kappa shape index (κ1) is 13.4. The molecular formula is C15H29NO. The first-order valence-corrected chi connectivity index (χ1v) is 7.46. The van der Waals surface area contributed by atoms with Gasteiger partial charge < -0.3 is 9.64 Å². The molecule has 2 aliphatic rings. The minimum Gasteiger partial charge on any atom is -0.381 e. The lowest BCUT2D eigenvalue weighted by Crippen LogP contribution is -2.44. The van der Waals surface area contributed by atoms with E-state index in [9.17, 15) is 0 Å². The molecule has 0 bridgehead atoms. The number of likely N-dealkylation sites (tertiary alicyclic amines) is 1. The molecule has 2 nitrogen and oxygen atoms in total. The molecule has 0 N–H and O–H groups in total. The summed E-state index contributed by atoms with van der Waals surface area (Å²) in [7, 11) is 2.27. The summed E-state index contributed by atoms with van der Waals surface area (Å²) in [5.41, 5.74) is 0. The van der Waals surface area contributed by atoms with E-state index in [-0.39, 0.29) is 0 Å². The first-order valence-electron chi connectivity index (χ1n) is 7.46. The van der Waals surface area contributed by atoms with Crippen LogP contribution in [0.2, 0.25) is 0 Å². The third-order valence-electron chi connectivity index (χ3n) is 4.86. The Morgan fingerprint density at radius 1 is 1.18 bits per heavy atom. The molecule has 1 aliphatic carbocycles. The molecular weight excluding hydrogens is 210 g/mol. The molecule has 3 atom stereocenters. The molecule has 1 heterocycles. The van der Waals surface area contributed by atoms with Gasteiger partial charge in [0, 0.05) is 19.3 Å². The molecule has 1 saturated carbocycles. The molecule has 2 heteroatoms. The number of piperidine rings is 1. The average Bonchev–Trinajstić information content (AvgIpc) is 3.11. The van der Waals surface area contributed by atoms with E-state index in [1.54, 1.807) is 0 Å². The summed E-state index contributed by atoms with van der Waals surface area (Å²) in [4.78, 5) is 2.52. The van der Waals surface area contributed by atoms with E-state index in [0.29, 0.717) is 0 Å². The molecule has 0 radical (unpaired) electrons. The second-order valence-corrected chi connectivity index (χ2v) is 6.31. The predicted octanol–water partition coefficient (Wildman–Crippen LogP) is 3.17. The maximum Gasteiger partial charge on any atom is 0.0494 e. The lowest BCUT2D eigenvalue weighted by atomic mass is 9.79. The van der Waals surface area contributed by atoms with Gasteiger partial charge in [0.05, 0.1) is 0 Å². The van der Waals surface area contributed by atoms with Crippen molar-refractivity contribution in [2.24, 2.45) is 17.8 Å². The molecule has 2 fully saturated rings. The highest BCUT2D eigenvalue weighted by Crippen LogP contribution is 2.32. The van der Waals surface area contributed by atoms with Crippen molar-refractivity contribution in [1.82, 2.24) is 4.90 Å². The molecule has 0 aromatic carbocycles. The summed E-state index contributed by atoms with van der Waals surface area (Å²) in [5.74, 6) is 2.68. The van der Waals surface area contributed by atoms with E-state index in [1.165, 1.54) is 38.6 Å². The minimum absolute atomic E-state index is 0.752. The number of ether oxygens (including phenoxy) is 1. The van der Waals surface area contributed by atoms with Gasteiger partial charge in [0.15, 0.2) is 0 Å². The van der Waals surface area contributed by atoms with Crippen molar-refractivity contribution in [3.8, 4) is 0 Å². The summed E-state index contributed by atoms with van der Waals surface area (Å²) < 4.78 is 5.73. The zero-order valence-electron chi connectivity index (χ0n) is 11.8. The van der Waals surface area contributed by atoms with Crippen LogP contribution < -0.4 is 0 Å². The van der Waals surface area contributed by atoms with Crippen LogP contribution >= 0.6 is 0 Å². The molecule has 17 heavy (non-hydrogen) atoms. The fourth-order valence-corrected chi connectivity index (χ4v) is 3.11. The SMILES string of the molecule is CC1CCN(C)C(C)C1CCCOCC1CC1. The second kappa shape index (κ2) is 6.19. The largest absolute Gasteiger partial charge is 0.381 e. The van der Waals surface area contributed by atoms with E-state index in [4.69, 9.17) is 4.74 Å². The molecule has 0 aromatic rings. The van der Waals surface area contributed by atoms with Crippen molar-refractivity contribution in [1.29, 1.82) is 0 Å². The third kappa shape index (κ3) is 3.96. The summed E-state index contributed by atoms with van der Waals surface area (Å²) >= 11 is 0. The highest BCUT2D eigenvalue weighted by atomic mass is 16.5. The van der Waals surface area contributed by atoms with Crippen LogP contribution in [-0.2, 0) is 4.74 Å². The van der Waals surface area contributed by atoms with Crippen LogP contribution in [0.5, 0.6) is 0 Å². The smallest absolute Gasteiger partial charge is 0.0494 e. The number of hydrogen-bond donors (Lipinski definition) is 0. The van der Waals surface area contributed by atoms with Gasteiger partial charge in [-0.1, -0.05) is 6.92 Å². The van der Waals surface area contributed by atoms with Gasteiger partial charge in [0.25, 0.3) is 0 Å². The van der Waals surface area contributed by atoms with E-state index in [2.05, 4.69) is 25.8 Å². The van der Waals surface area contributed by atoms with Gasteiger partial charge in [0.1, 0.15) is 0 Å². The van der Waals surface area contributed by atoms with Crippen molar-refractivity contribution in [3.63, 3.8) is 0 Å². The van der Waals surface area contributed by atoms with Gasteiger partial charge >= 0.3 is 0 Å². The van der Waals surface area contributed by atoms with Crippen molar-refractivity contribution < 1.29 is 4.74 Å². The normalized spacial score (nSPS) is 35.1. The van der Waals surface area contributed by atoms with Crippen LogP contribution in [0.1, 0.15) is 46.0 Å². The van der Waals surface area contributed by atoms with Gasteiger partial charge in [-0.25, -0.2) is 0 Å². The topological polar surface area (TPSA) is 12.5 Å². The molecule has 100 valence electrons. The maximum atomic E-state index is 5.73.